The lowest BCUT2D eigenvalue weighted by molar-refractivity contribution is -0.140. The van der Waals surface area contributed by atoms with Gasteiger partial charge in [0.05, 0.1) is 5.56 Å². The van der Waals surface area contributed by atoms with E-state index in [9.17, 15) is 17.6 Å². The fourth-order valence-electron chi connectivity index (χ4n) is 3.09. The Morgan fingerprint density at radius 1 is 0.931 bits per heavy atom. The van der Waals surface area contributed by atoms with Crippen molar-refractivity contribution in [2.75, 3.05) is 5.32 Å². The molecule has 0 fully saturated rings. The molecule has 29 heavy (non-hydrogen) atoms. The molecule has 0 atom stereocenters. The van der Waals surface area contributed by atoms with Crippen LogP contribution in [-0.4, -0.2) is 14.6 Å². The van der Waals surface area contributed by atoms with Gasteiger partial charge in [-0.2, -0.15) is 22.8 Å². The fraction of sp³-hybridized carbons (Fsp3) is 0.143. The number of anilines is 2. The Bertz CT molecular complexity index is 1180. The molecule has 0 bridgehead atoms. The molecule has 0 amide bonds. The number of hydrogen-bond donors (Lipinski definition) is 1. The minimum absolute atomic E-state index is 0.0802. The Morgan fingerprint density at radius 2 is 1.59 bits per heavy atom. The lowest BCUT2D eigenvalue weighted by atomic mass is 10.0. The summed E-state index contributed by atoms with van der Waals surface area (Å²) in [5.41, 5.74) is 1.34. The Kier molecular flexibility index (Phi) is 4.49. The molecule has 0 radical (unpaired) electrons. The van der Waals surface area contributed by atoms with Crippen molar-refractivity contribution in [1.29, 1.82) is 0 Å². The molecule has 4 nitrogen and oxygen atoms in total. The molecule has 1 N–H and O–H groups in total. The summed E-state index contributed by atoms with van der Waals surface area (Å²) in [6.45, 7) is 3.55. The summed E-state index contributed by atoms with van der Waals surface area (Å²) >= 11 is 0. The molecule has 0 saturated carbocycles. The number of nitrogens with zero attached hydrogens (tertiary/aromatic N) is 3. The molecule has 0 saturated heterocycles. The third kappa shape index (κ3) is 3.65. The van der Waals surface area contributed by atoms with Crippen LogP contribution in [0.3, 0.4) is 0 Å². The van der Waals surface area contributed by atoms with Crippen molar-refractivity contribution >= 4 is 17.2 Å². The first-order valence-corrected chi connectivity index (χ1v) is 8.79. The largest absolute Gasteiger partial charge is 0.435 e. The zero-order valence-corrected chi connectivity index (χ0v) is 15.5. The van der Waals surface area contributed by atoms with E-state index in [4.69, 9.17) is 0 Å². The molecule has 0 aliphatic rings. The van der Waals surface area contributed by atoms with Crippen LogP contribution in [0.25, 0.3) is 16.8 Å². The van der Waals surface area contributed by atoms with Crippen LogP contribution in [-0.2, 0) is 6.18 Å². The highest BCUT2D eigenvalue weighted by molar-refractivity contribution is 5.82. The van der Waals surface area contributed by atoms with E-state index < -0.39 is 17.7 Å². The lowest BCUT2D eigenvalue weighted by Gasteiger charge is -2.10. The maximum absolute atomic E-state index is 13.8. The molecule has 0 unspecified atom stereocenters. The van der Waals surface area contributed by atoms with E-state index in [0.29, 0.717) is 22.8 Å². The fourth-order valence-corrected chi connectivity index (χ4v) is 3.09. The zero-order chi connectivity index (χ0) is 20.8. The van der Waals surface area contributed by atoms with E-state index in [2.05, 4.69) is 15.4 Å². The molecule has 4 aromatic rings. The second kappa shape index (κ2) is 6.88. The number of hydrogen-bond acceptors (Lipinski definition) is 3. The van der Waals surface area contributed by atoms with Crippen molar-refractivity contribution < 1.29 is 17.6 Å². The maximum atomic E-state index is 13.8. The van der Waals surface area contributed by atoms with Gasteiger partial charge in [-0.15, -0.1) is 0 Å². The zero-order valence-electron chi connectivity index (χ0n) is 15.5. The standard InChI is InChI=1S/C21H16F4N4/c1-12-3-5-14(6-4-12)18-19(21(23,24)25)28-29-17(11-13(2)26-20(18)29)27-16-9-7-15(22)8-10-16/h3-11,27H,1-2H3. The van der Waals surface area contributed by atoms with Crippen molar-refractivity contribution in [2.45, 2.75) is 20.0 Å². The molecule has 0 aliphatic heterocycles. The first kappa shape index (κ1) is 18.9. The minimum atomic E-state index is -4.66. The van der Waals surface area contributed by atoms with Gasteiger partial charge >= 0.3 is 6.18 Å². The number of aromatic nitrogens is 3. The predicted octanol–water partition coefficient (Wildman–Crippen LogP) is 5.91. The molecule has 8 heteroatoms. The summed E-state index contributed by atoms with van der Waals surface area (Å²) in [6, 6.07) is 13.8. The van der Waals surface area contributed by atoms with Crippen LogP contribution in [0, 0.1) is 19.7 Å². The van der Waals surface area contributed by atoms with Crippen molar-refractivity contribution in [3.05, 3.63) is 77.4 Å². The predicted molar refractivity (Wildman–Crippen MR) is 103 cm³/mol. The first-order valence-electron chi connectivity index (χ1n) is 8.79. The van der Waals surface area contributed by atoms with Crippen LogP contribution >= 0.6 is 0 Å². The molecule has 2 aromatic carbocycles. The van der Waals surface area contributed by atoms with E-state index in [1.807, 2.05) is 6.92 Å². The van der Waals surface area contributed by atoms with E-state index in [-0.39, 0.29) is 11.2 Å². The number of aryl methyl sites for hydroxylation is 2. The molecule has 4 rings (SSSR count). The number of rotatable bonds is 3. The topological polar surface area (TPSA) is 42.2 Å². The summed E-state index contributed by atoms with van der Waals surface area (Å²) < 4.78 is 55.7. The SMILES string of the molecule is Cc1ccc(-c2c(C(F)(F)F)nn3c(Nc4ccc(F)cc4)cc(C)nc23)cc1. The average Bonchev–Trinajstić information content (AvgIpc) is 3.04. The third-order valence-corrected chi connectivity index (χ3v) is 4.44. The van der Waals surface area contributed by atoms with Crippen molar-refractivity contribution in [3.8, 4) is 11.1 Å². The Labute approximate surface area is 163 Å². The maximum Gasteiger partial charge on any atom is 0.435 e. The summed E-state index contributed by atoms with van der Waals surface area (Å²) in [5, 5.41) is 6.82. The molecule has 2 heterocycles. The normalized spacial score (nSPS) is 11.8. The quantitative estimate of drug-likeness (QED) is 0.435. The average molecular weight is 400 g/mol. The first-order chi connectivity index (χ1) is 13.7. The molecular formula is C21H16F4N4. The van der Waals surface area contributed by atoms with E-state index in [1.165, 1.54) is 24.3 Å². The summed E-state index contributed by atoms with van der Waals surface area (Å²) in [5.74, 6) is -0.116. The van der Waals surface area contributed by atoms with Gasteiger partial charge in [-0.1, -0.05) is 29.8 Å². The number of alkyl halides is 3. The van der Waals surface area contributed by atoms with E-state index >= 15 is 0 Å². The third-order valence-electron chi connectivity index (χ3n) is 4.44. The smallest absolute Gasteiger partial charge is 0.340 e. The van der Waals surface area contributed by atoms with Gasteiger partial charge in [0.1, 0.15) is 11.6 Å². The Hall–Kier alpha value is -3.42. The van der Waals surface area contributed by atoms with E-state index in [1.54, 1.807) is 37.3 Å². The van der Waals surface area contributed by atoms with Gasteiger partial charge in [0.2, 0.25) is 0 Å². The van der Waals surface area contributed by atoms with Crippen molar-refractivity contribution in [2.24, 2.45) is 0 Å². The summed E-state index contributed by atoms with van der Waals surface area (Å²) in [6.07, 6.45) is -4.66. The van der Waals surface area contributed by atoms with Gasteiger partial charge in [-0.3, -0.25) is 0 Å². The highest BCUT2D eigenvalue weighted by Crippen LogP contribution is 2.39. The van der Waals surface area contributed by atoms with Crippen LogP contribution in [0.4, 0.5) is 29.1 Å². The molecule has 0 spiro atoms. The van der Waals surface area contributed by atoms with Crippen LogP contribution in [0.5, 0.6) is 0 Å². The molecule has 0 aliphatic carbocycles. The number of benzene rings is 2. The second-order valence-electron chi connectivity index (χ2n) is 6.74. The number of fused-ring (bicyclic) bond motifs is 1. The van der Waals surface area contributed by atoms with Gasteiger partial charge in [0, 0.05) is 17.4 Å². The Morgan fingerprint density at radius 3 is 2.21 bits per heavy atom. The monoisotopic (exact) mass is 400 g/mol. The number of nitrogens with one attached hydrogen (secondary N) is 1. The molecule has 2 aromatic heterocycles. The van der Waals surface area contributed by atoms with Gasteiger partial charge in [0.25, 0.3) is 0 Å². The summed E-state index contributed by atoms with van der Waals surface area (Å²) in [7, 11) is 0. The van der Waals surface area contributed by atoms with Crippen LogP contribution < -0.4 is 5.32 Å². The van der Waals surface area contributed by atoms with Crippen molar-refractivity contribution in [1.82, 2.24) is 14.6 Å². The summed E-state index contributed by atoms with van der Waals surface area (Å²) in [4.78, 5) is 4.33. The van der Waals surface area contributed by atoms with Crippen LogP contribution in [0.15, 0.2) is 54.6 Å². The van der Waals surface area contributed by atoms with Crippen molar-refractivity contribution in [3.63, 3.8) is 0 Å². The van der Waals surface area contributed by atoms with Gasteiger partial charge < -0.3 is 5.32 Å². The van der Waals surface area contributed by atoms with Crippen LogP contribution in [0.2, 0.25) is 0 Å². The molecule has 148 valence electrons. The minimum Gasteiger partial charge on any atom is -0.340 e. The lowest BCUT2D eigenvalue weighted by Crippen LogP contribution is -2.08. The number of halogens is 4. The van der Waals surface area contributed by atoms with Crippen LogP contribution in [0.1, 0.15) is 17.0 Å². The van der Waals surface area contributed by atoms with Gasteiger partial charge in [-0.05, 0) is 43.7 Å². The Balaban J connectivity index is 1.95. The highest BCUT2D eigenvalue weighted by Gasteiger charge is 2.39. The molecular weight excluding hydrogens is 384 g/mol. The van der Waals surface area contributed by atoms with Gasteiger partial charge in [0.15, 0.2) is 11.3 Å². The van der Waals surface area contributed by atoms with E-state index in [0.717, 1.165) is 10.1 Å². The highest BCUT2D eigenvalue weighted by atomic mass is 19.4. The van der Waals surface area contributed by atoms with Gasteiger partial charge in [-0.25, -0.2) is 9.37 Å². The second-order valence-corrected chi connectivity index (χ2v) is 6.74.